The SMILES string of the molecule is CC(Cl)c1nc(C2SCCSC2C)no1. The second-order valence-electron chi connectivity index (χ2n) is 3.47. The van der Waals surface area contributed by atoms with Gasteiger partial charge >= 0.3 is 0 Å². The molecule has 1 aliphatic heterocycles. The zero-order chi connectivity index (χ0) is 10.8. The number of hydrogen-bond acceptors (Lipinski definition) is 5. The molecule has 3 atom stereocenters. The molecule has 15 heavy (non-hydrogen) atoms. The molecule has 3 unspecified atom stereocenters. The fourth-order valence-corrected chi connectivity index (χ4v) is 4.21. The second kappa shape index (κ2) is 4.97. The highest BCUT2D eigenvalue weighted by atomic mass is 35.5. The van der Waals surface area contributed by atoms with E-state index in [0.29, 0.717) is 16.4 Å². The first-order valence-electron chi connectivity index (χ1n) is 4.89. The quantitative estimate of drug-likeness (QED) is 0.767. The van der Waals surface area contributed by atoms with Crippen LogP contribution in [0.4, 0.5) is 0 Å². The van der Waals surface area contributed by atoms with Crippen molar-refractivity contribution in [1.82, 2.24) is 10.1 Å². The zero-order valence-corrected chi connectivity index (χ0v) is 11.0. The molecule has 84 valence electrons. The summed E-state index contributed by atoms with van der Waals surface area (Å²) >= 11 is 9.75. The predicted molar refractivity (Wildman–Crippen MR) is 65.7 cm³/mol. The minimum atomic E-state index is -0.206. The van der Waals surface area contributed by atoms with Gasteiger partial charge in [0.05, 0.1) is 5.25 Å². The van der Waals surface area contributed by atoms with Crippen LogP contribution in [-0.4, -0.2) is 26.9 Å². The van der Waals surface area contributed by atoms with Crippen molar-refractivity contribution in [3.63, 3.8) is 0 Å². The van der Waals surface area contributed by atoms with Gasteiger partial charge in [0, 0.05) is 16.8 Å². The molecule has 2 rings (SSSR count). The third-order valence-corrected chi connectivity index (χ3v) is 5.51. The van der Waals surface area contributed by atoms with Crippen LogP contribution in [0.15, 0.2) is 4.52 Å². The summed E-state index contributed by atoms with van der Waals surface area (Å²) in [5, 5.41) is 4.69. The average molecular weight is 265 g/mol. The van der Waals surface area contributed by atoms with Gasteiger partial charge in [-0.2, -0.15) is 16.7 Å². The molecule has 0 aromatic carbocycles. The second-order valence-corrected chi connectivity index (χ2v) is 6.86. The van der Waals surface area contributed by atoms with Crippen LogP contribution < -0.4 is 0 Å². The summed E-state index contributed by atoms with van der Waals surface area (Å²) in [6, 6.07) is 0. The molecule has 2 heterocycles. The van der Waals surface area contributed by atoms with Crippen LogP contribution in [0.5, 0.6) is 0 Å². The molecule has 0 saturated carbocycles. The van der Waals surface area contributed by atoms with Gasteiger partial charge in [0.2, 0.25) is 5.89 Å². The Morgan fingerprint density at radius 3 is 2.80 bits per heavy atom. The normalized spacial score (nSPS) is 29.0. The van der Waals surface area contributed by atoms with E-state index in [0.717, 1.165) is 11.6 Å². The van der Waals surface area contributed by atoms with E-state index < -0.39 is 0 Å². The Labute approximate surface area is 103 Å². The van der Waals surface area contributed by atoms with E-state index in [2.05, 4.69) is 17.1 Å². The Kier molecular flexibility index (Phi) is 3.85. The van der Waals surface area contributed by atoms with Crippen molar-refractivity contribution in [2.45, 2.75) is 29.7 Å². The maximum atomic E-state index is 5.88. The van der Waals surface area contributed by atoms with Crippen LogP contribution in [0.25, 0.3) is 0 Å². The zero-order valence-electron chi connectivity index (χ0n) is 8.64. The monoisotopic (exact) mass is 264 g/mol. The number of nitrogens with zero attached hydrogens (tertiary/aromatic N) is 2. The van der Waals surface area contributed by atoms with E-state index in [1.807, 2.05) is 30.4 Å². The van der Waals surface area contributed by atoms with Gasteiger partial charge in [0.25, 0.3) is 0 Å². The molecular formula is C9H13ClN2OS2. The van der Waals surface area contributed by atoms with Crippen LogP contribution in [0.3, 0.4) is 0 Å². The molecule has 6 heteroatoms. The van der Waals surface area contributed by atoms with Crippen molar-refractivity contribution in [3.8, 4) is 0 Å². The highest BCUT2D eigenvalue weighted by molar-refractivity contribution is 8.06. The fourth-order valence-electron chi connectivity index (χ4n) is 1.44. The molecule has 0 N–H and O–H groups in total. The molecule has 0 spiro atoms. The van der Waals surface area contributed by atoms with Crippen LogP contribution in [-0.2, 0) is 0 Å². The molecule has 3 nitrogen and oxygen atoms in total. The Hall–Kier alpha value is 0.130. The summed E-state index contributed by atoms with van der Waals surface area (Å²) in [7, 11) is 0. The number of alkyl halides is 1. The predicted octanol–water partition coefficient (Wildman–Crippen LogP) is 3.28. The Morgan fingerprint density at radius 1 is 1.47 bits per heavy atom. The van der Waals surface area contributed by atoms with Gasteiger partial charge < -0.3 is 4.52 Å². The van der Waals surface area contributed by atoms with Gasteiger partial charge in [-0.05, 0) is 6.92 Å². The van der Waals surface area contributed by atoms with E-state index in [1.54, 1.807) is 0 Å². The van der Waals surface area contributed by atoms with E-state index in [9.17, 15) is 0 Å². The highest BCUT2D eigenvalue weighted by Gasteiger charge is 2.28. The Bertz CT molecular complexity index is 332. The van der Waals surface area contributed by atoms with Crippen molar-refractivity contribution in [2.75, 3.05) is 11.5 Å². The maximum Gasteiger partial charge on any atom is 0.244 e. The summed E-state index contributed by atoms with van der Waals surface area (Å²) in [4.78, 5) is 4.34. The standard InChI is InChI=1S/C9H13ClN2OS2/c1-5(10)9-11-8(12-13-9)7-6(2)14-3-4-15-7/h5-7H,3-4H2,1-2H3. The molecular weight excluding hydrogens is 252 g/mol. The molecule has 1 aromatic rings. The fraction of sp³-hybridized carbons (Fsp3) is 0.778. The van der Waals surface area contributed by atoms with Crippen LogP contribution >= 0.6 is 35.1 Å². The smallest absolute Gasteiger partial charge is 0.244 e. The highest BCUT2D eigenvalue weighted by Crippen LogP contribution is 2.41. The Morgan fingerprint density at radius 2 is 2.20 bits per heavy atom. The first-order valence-corrected chi connectivity index (χ1v) is 7.42. The van der Waals surface area contributed by atoms with E-state index in [-0.39, 0.29) is 5.38 Å². The summed E-state index contributed by atoms with van der Waals surface area (Å²) < 4.78 is 5.11. The minimum absolute atomic E-state index is 0.206. The van der Waals surface area contributed by atoms with Crippen LogP contribution in [0, 0.1) is 0 Å². The molecule has 0 radical (unpaired) electrons. The van der Waals surface area contributed by atoms with E-state index in [1.165, 1.54) is 5.75 Å². The van der Waals surface area contributed by atoms with E-state index >= 15 is 0 Å². The van der Waals surface area contributed by atoms with Crippen LogP contribution in [0.1, 0.15) is 36.2 Å². The first-order chi connectivity index (χ1) is 7.18. The largest absolute Gasteiger partial charge is 0.338 e. The van der Waals surface area contributed by atoms with Gasteiger partial charge in [0.15, 0.2) is 5.82 Å². The number of hydrogen-bond donors (Lipinski definition) is 0. The number of halogens is 1. The first kappa shape index (κ1) is 11.6. The van der Waals surface area contributed by atoms with Gasteiger partial charge in [-0.1, -0.05) is 12.1 Å². The Balaban J connectivity index is 2.13. The number of thioether (sulfide) groups is 2. The van der Waals surface area contributed by atoms with Gasteiger partial charge in [-0.15, -0.1) is 23.4 Å². The van der Waals surface area contributed by atoms with Crippen molar-refractivity contribution < 1.29 is 4.52 Å². The van der Waals surface area contributed by atoms with Gasteiger partial charge in [-0.25, -0.2) is 0 Å². The van der Waals surface area contributed by atoms with Crippen molar-refractivity contribution >= 4 is 35.1 Å². The maximum absolute atomic E-state index is 5.88. The lowest BCUT2D eigenvalue weighted by molar-refractivity contribution is 0.373. The lowest BCUT2D eigenvalue weighted by atomic mass is 10.3. The van der Waals surface area contributed by atoms with Crippen molar-refractivity contribution in [2.24, 2.45) is 0 Å². The summed E-state index contributed by atoms with van der Waals surface area (Å²) in [5.41, 5.74) is 0. The van der Waals surface area contributed by atoms with Gasteiger partial charge in [-0.3, -0.25) is 0 Å². The third-order valence-electron chi connectivity index (χ3n) is 2.24. The van der Waals surface area contributed by atoms with E-state index in [4.69, 9.17) is 16.1 Å². The molecule has 1 aliphatic rings. The van der Waals surface area contributed by atoms with Crippen molar-refractivity contribution in [3.05, 3.63) is 11.7 Å². The summed E-state index contributed by atoms with van der Waals surface area (Å²) in [6.45, 7) is 4.05. The average Bonchev–Trinajstić information content (AvgIpc) is 2.67. The lowest BCUT2D eigenvalue weighted by Gasteiger charge is -2.24. The summed E-state index contributed by atoms with van der Waals surface area (Å²) in [5.74, 6) is 3.68. The number of rotatable bonds is 2. The molecule has 1 aromatic heterocycles. The minimum Gasteiger partial charge on any atom is -0.338 e. The molecule has 0 bridgehead atoms. The third kappa shape index (κ3) is 2.63. The molecule has 0 aliphatic carbocycles. The van der Waals surface area contributed by atoms with Gasteiger partial charge in [0.1, 0.15) is 5.38 Å². The van der Waals surface area contributed by atoms with Crippen LogP contribution in [0.2, 0.25) is 0 Å². The lowest BCUT2D eigenvalue weighted by Crippen LogP contribution is -2.16. The number of aromatic nitrogens is 2. The topological polar surface area (TPSA) is 38.9 Å². The molecule has 1 fully saturated rings. The summed E-state index contributed by atoms with van der Waals surface area (Å²) in [6.07, 6.45) is 0. The molecule has 1 saturated heterocycles. The van der Waals surface area contributed by atoms with Crippen molar-refractivity contribution in [1.29, 1.82) is 0 Å². The molecule has 0 amide bonds.